The second kappa shape index (κ2) is 3.00. The molecule has 0 radical (unpaired) electrons. The minimum atomic E-state index is 0.450. The fourth-order valence-corrected chi connectivity index (χ4v) is 2.57. The van der Waals surface area contributed by atoms with E-state index in [2.05, 4.69) is 38.0 Å². The molecule has 1 heterocycles. The summed E-state index contributed by atoms with van der Waals surface area (Å²) in [6.07, 6.45) is 3.79. The number of nitrogens with one attached hydrogen (secondary N) is 1. The number of imidazole rings is 1. The summed E-state index contributed by atoms with van der Waals surface area (Å²) >= 11 is 0. The summed E-state index contributed by atoms with van der Waals surface area (Å²) in [5.74, 6) is 1.70. The van der Waals surface area contributed by atoms with Crippen LogP contribution in [0.4, 0.5) is 5.95 Å². The van der Waals surface area contributed by atoms with Gasteiger partial charge in [-0.25, -0.2) is 4.98 Å². The fraction of sp³-hybridized carbons (Fsp3) is 0.750. The maximum Gasteiger partial charge on any atom is 0.202 e. The van der Waals surface area contributed by atoms with Crippen LogP contribution in [-0.2, 0) is 7.05 Å². The van der Waals surface area contributed by atoms with Crippen LogP contribution < -0.4 is 5.32 Å². The number of hydrogen-bond donors (Lipinski definition) is 1. The lowest BCUT2D eigenvalue weighted by Gasteiger charge is -2.06. The predicted molar refractivity (Wildman–Crippen MR) is 62.7 cm³/mol. The lowest BCUT2D eigenvalue weighted by molar-refractivity contribution is 0.457. The van der Waals surface area contributed by atoms with Crippen molar-refractivity contribution in [3.05, 3.63) is 12.4 Å². The van der Waals surface area contributed by atoms with E-state index in [9.17, 15) is 0 Å². The number of rotatable bonds is 3. The molecule has 0 aliphatic heterocycles. The molecule has 1 aromatic heterocycles. The van der Waals surface area contributed by atoms with Crippen molar-refractivity contribution >= 4 is 5.95 Å². The molecule has 1 aliphatic rings. The Morgan fingerprint density at radius 1 is 1.33 bits per heavy atom. The van der Waals surface area contributed by atoms with E-state index in [1.807, 2.05) is 24.0 Å². The molecule has 1 aromatic rings. The quantitative estimate of drug-likeness (QED) is 0.825. The molecule has 15 heavy (non-hydrogen) atoms. The van der Waals surface area contributed by atoms with Crippen molar-refractivity contribution in [2.45, 2.75) is 27.7 Å². The molecular weight excluding hydrogens is 186 g/mol. The van der Waals surface area contributed by atoms with Crippen molar-refractivity contribution in [2.24, 2.45) is 23.8 Å². The van der Waals surface area contributed by atoms with Crippen molar-refractivity contribution < 1.29 is 0 Å². The first-order chi connectivity index (χ1) is 6.87. The lowest BCUT2D eigenvalue weighted by atomic mass is 10.0. The monoisotopic (exact) mass is 207 g/mol. The Morgan fingerprint density at radius 3 is 2.33 bits per heavy atom. The van der Waals surface area contributed by atoms with Crippen molar-refractivity contribution in [1.82, 2.24) is 9.55 Å². The van der Waals surface area contributed by atoms with Crippen LogP contribution in [0.5, 0.6) is 0 Å². The zero-order valence-electron chi connectivity index (χ0n) is 10.3. The van der Waals surface area contributed by atoms with Gasteiger partial charge in [0.1, 0.15) is 0 Å². The molecule has 1 saturated carbocycles. The zero-order valence-corrected chi connectivity index (χ0v) is 10.3. The van der Waals surface area contributed by atoms with Gasteiger partial charge < -0.3 is 9.88 Å². The Kier molecular flexibility index (Phi) is 2.11. The fourth-order valence-electron chi connectivity index (χ4n) is 2.57. The third-order valence-electron chi connectivity index (χ3n) is 4.61. The van der Waals surface area contributed by atoms with Crippen LogP contribution in [0, 0.1) is 16.7 Å². The molecule has 0 unspecified atom stereocenters. The Morgan fingerprint density at radius 2 is 1.93 bits per heavy atom. The van der Waals surface area contributed by atoms with Gasteiger partial charge in [-0.1, -0.05) is 27.7 Å². The molecule has 0 spiro atoms. The van der Waals surface area contributed by atoms with E-state index < -0.39 is 0 Å². The third kappa shape index (κ3) is 1.45. The normalized spacial score (nSPS) is 22.7. The molecule has 3 heteroatoms. The lowest BCUT2D eigenvalue weighted by Crippen LogP contribution is -2.11. The molecule has 84 valence electrons. The van der Waals surface area contributed by atoms with E-state index >= 15 is 0 Å². The second-order valence-electron chi connectivity index (χ2n) is 5.74. The molecule has 2 rings (SSSR count). The van der Waals surface area contributed by atoms with Crippen molar-refractivity contribution in [3.63, 3.8) is 0 Å². The summed E-state index contributed by atoms with van der Waals surface area (Å²) in [4.78, 5) is 4.26. The van der Waals surface area contributed by atoms with Crippen LogP contribution in [0.2, 0.25) is 0 Å². The summed E-state index contributed by atoms with van der Waals surface area (Å²) in [6.45, 7) is 10.4. The molecule has 1 fully saturated rings. The van der Waals surface area contributed by atoms with E-state index in [1.165, 1.54) is 0 Å². The average Bonchev–Trinajstić information content (AvgIpc) is 2.49. The second-order valence-corrected chi connectivity index (χ2v) is 5.74. The van der Waals surface area contributed by atoms with Crippen LogP contribution in [0.1, 0.15) is 27.7 Å². The van der Waals surface area contributed by atoms with Gasteiger partial charge in [0.2, 0.25) is 5.95 Å². The molecule has 3 nitrogen and oxygen atoms in total. The topological polar surface area (TPSA) is 29.9 Å². The highest BCUT2D eigenvalue weighted by Crippen LogP contribution is 2.68. The first-order valence-corrected chi connectivity index (χ1v) is 5.58. The van der Waals surface area contributed by atoms with Gasteiger partial charge in [-0.2, -0.15) is 0 Å². The SMILES string of the molecule is Cn1ccnc1NCC1C(C)(C)C1(C)C. The Hall–Kier alpha value is -0.990. The Bertz CT molecular complexity index is 349. The highest BCUT2D eigenvalue weighted by atomic mass is 15.2. The highest BCUT2D eigenvalue weighted by molar-refractivity contribution is 5.28. The number of aryl methyl sites for hydroxylation is 1. The standard InChI is InChI=1S/C12H21N3/c1-11(2)9(12(11,3)4)8-14-10-13-6-7-15(10)5/h6-7,9H,8H2,1-5H3,(H,13,14). The van der Waals surface area contributed by atoms with Gasteiger partial charge in [-0.15, -0.1) is 0 Å². The molecule has 0 aromatic carbocycles. The van der Waals surface area contributed by atoms with Gasteiger partial charge in [0.15, 0.2) is 0 Å². The van der Waals surface area contributed by atoms with Gasteiger partial charge in [0, 0.05) is 26.0 Å². The number of aromatic nitrogens is 2. The van der Waals surface area contributed by atoms with Crippen LogP contribution in [0.15, 0.2) is 12.4 Å². The van der Waals surface area contributed by atoms with E-state index in [0.29, 0.717) is 10.8 Å². The average molecular weight is 207 g/mol. The first kappa shape index (κ1) is 10.5. The van der Waals surface area contributed by atoms with Gasteiger partial charge in [0.25, 0.3) is 0 Å². The predicted octanol–water partition coefficient (Wildman–Crippen LogP) is 2.51. The van der Waals surface area contributed by atoms with Crippen LogP contribution >= 0.6 is 0 Å². The molecule has 0 amide bonds. The number of hydrogen-bond acceptors (Lipinski definition) is 2. The summed E-state index contributed by atoms with van der Waals surface area (Å²) in [7, 11) is 2.01. The van der Waals surface area contributed by atoms with E-state index in [4.69, 9.17) is 0 Å². The van der Waals surface area contributed by atoms with E-state index in [0.717, 1.165) is 18.4 Å². The Labute approximate surface area is 91.9 Å². The van der Waals surface area contributed by atoms with E-state index in [-0.39, 0.29) is 0 Å². The van der Waals surface area contributed by atoms with Gasteiger partial charge >= 0.3 is 0 Å². The maximum atomic E-state index is 4.26. The van der Waals surface area contributed by atoms with Crippen LogP contribution in [-0.4, -0.2) is 16.1 Å². The molecule has 0 atom stereocenters. The molecule has 0 saturated heterocycles. The molecular formula is C12H21N3. The summed E-state index contributed by atoms with van der Waals surface area (Å²) < 4.78 is 2.02. The Balaban J connectivity index is 1.94. The number of nitrogens with zero attached hydrogens (tertiary/aromatic N) is 2. The van der Waals surface area contributed by atoms with Crippen molar-refractivity contribution in [2.75, 3.05) is 11.9 Å². The molecule has 0 bridgehead atoms. The zero-order chi connectivity index (χ0) is 11.3. The smallest absolute Gasteiger partial charge is 0.202 e. The van der Waals surface area contributed by atoms with Crippen molar-refractivity contribution in [1.29, 1.82) is 0 Å². The minimum Gasteiger partial charge on any atom is -0.355 e. The maximum absolute atomic E-state index is 4.26. The third-order valence-corrected chi connectivity index (χ3v) is 4.61. The minimum absolute atomic E-state index is 0.450. The summed E-state index contributed by atoms with van der Waals surface area (Å²) in [5.41, 5.74) is 0.899. The van der Waals surface area contributed by atoms with Crippen LogP contribution in [0.25, 0.3) is 0 Å². The van der Waals surface area contributed by atoms with Crippen molar-refractivity contribution in [3.8, 4) is 0 Å². The van der Waals surface area contributed by atoms with Gasteiger partial charge in [-0.3, -0.25) is 0 Å². The van der Waals surface area contributed by atoms with Crippen LogP contribution in [0.3, 0.4) is 0 Å². The summed E-state index contributed by atoms with van der Waals surface area (Å²) in [6, 6.07) is 0. The number of anilines is 1. The van der Waals surface area contributed by atoms with Gasteiger partial charge in [0.05, 0.1) is 0 Å². The summed E-state index contributed by atoms with van der Waals surface area (Å²) in [5, 5.41) is 3.42. The largest absolute Gasteiger partial charge is 0.355 e. The first-order valence-electron chi connectivity index (χ1n) is 5.58. The van der Waals surface area contributed by atoms with Gasteiger partial charge in [-0.05, 0) is 16.7 Å². The van der Waals surface area contributed by atoms with E-state index in [1.54, 1.807) is 0 Å². The highest BCUT2D eigenvalue weighted by Gasteiger charge is 2.64. The molecule has 1 aliphatic carbocycles. The molecule has 1 N–H and O–H groups in total.